The number of aliphatic hydroxyl groups excluding tert-OH is 1. The van der Waals surface area contributed by atoms with Gasteiger partial charge < -0.3 is 20.4 Å². The van der Waals surface area contributed by atoms with Crippen molar-refractivity contribution >= 4 is 28.6 Å². The van der Waals surface area contributed by atoms with Crippen LogP contribution in [-0.4, -0.2) is 29.7 Å². The van der Waals surface area contributed by atoms with E-state index in [0.29, 0.717) is 11.2 Å². The lowest BCUT2D eigenvalue weighted by Crippen LogP contribution is -1.97. The van der Waals surface area contributed by atoms with Crippen molar-refractivity contribution in [2.24, 2.45) is 0 Å². The van der Waals surface area contributed by atoms with Crippen LogP contribution in [0.1, 0.15) is 5.76 Å². The number of aromatic nitrogens is 4. The second kappa shape index (κ2) is 4.11. The van der Waals surface area contributed by atoms with Crippen molar-refractivity contribution in [2.45, 2.75) is 6.61 Å². The molecule has 9 heteroatoms. The van der Waals surface area contributed by atoms with Crippen LogP contribution in [0.5, 0.6) is 5.75 Å². The van der Waals surface area contributed by atoms with Gasteiger partial charge in [-0.3, -0.25) is 4.57 Å². The minimum Gasteiger partial charge on any atom is -0.504 e. The predicted octanol–water partition coefficient (Wildman–Crippen LogP) is 0.842. The number of nitrogens with zero attached hydrogens (tertiary/aromatic N) is 4. The van der Waals surface area contributed by atoms with Crippen molar-refractivity contribution in [2.75, 3.05) is 5.73 Å². The summed E-state index contributed by atoms with van der Waals surface area (Å²) in [5.74, 6) is 0.266. The van der Waals surface area contributed by atoms with E-state index in [1.807, 2.05) is 0 Å². The summed E-state index contributed by atoms with van der Waals surface area (Å²) in [6.07, 6.45) is 1.41. The van der Waals surface area contributed by atoms with Gasteiger partial charge in [-0.15, -0.1) is 0 Å². The molecule has 3 aromatic heterocycles. The van der Waals surface area contributed by atoms with Crippen molar-refractivity contribution in [1.82, 2.24) is 19.5 Å². The summed E-state index contributed by atoms with van der Waals surface area (Å²) in [4.78, 5) is 11.8. The van der Waals surface area contributed by atoms with Gasteiger partial charge >= 0.3 is 0 Å². The highest BCUT2D eigenvalue weighted by atomic mass is 35.5. The number of rotatable bonds is 2. The Morgan fingerprint density at radius 3 is 2.89 bits per heavy atom. The van der Waals surface area contributed by atoms with Gasteiger partial charge in [-0.2, -0.15) is 9.97 Å². The molecule has 0 saturated carbocycles. The number of anilines is 1. The second-order valence-electron chi connectivity index (χ2n) is 3.72. The van der Waals surface area contributed by atoms with Gasteiger partial charge in [0.15, 0.2) is 28.5 Å². The number of nitrogens with two attached hydrogens (primary N) is 1. The molecule has 8 nitrogen and oxygen atoms in total. The summed E-state index contributed by atoms with van der Waals surface area (Å²) < 4.78 is 6.72. The first-order chi connectivity index (χ1) is 9.10. The molecule has 4 N–H and O–H groups in total. The molecule has 0 spiro atoms. The van der Waals surface area contributed by atoms with E-state index in [0.717, 1.165) is 0 Å². The van der Waals surface area contributed by atoms with Crippen LogP contribution in [0.25, 0.3) is 17.0 Å². The largest absolute Gasteiger partial charge is 0.504 e. The van der Waals surface area contributed by atoms with Crippen LogP contribution < -0.4 is 5.73 Å². The molecule has 3 heterocycles. The zero-order chi connectivity index (χ0) is 13.6. The number of fused-ring (bicyclic) bond motifs is 1. The van der Waals surface area contributed by atoms with Gasteiger partial charge in [0.2, 0.25) is 11.2 Å². The van der Waals surface area contributed by atoms with Gasteiger partial charge in [-0.1, -0.05) is 0 Å². The van der Waals surface area contributed by atoms with E-state index in [4.69, 9.17) is 26.9 Å². The fourth-order valence-electron chi connectivity index (χ4n) is 1.69. The van der Waals surface area contributed by atoms with E-state index >= 15 is 0 Å². The zero-order valence-corrected chi connectivity index (χ0v) is 10.2. The quantitative estimate of drug-likeness (QED) is 0.595. The molecule has 0 aliphatic heterocycles. The van der Waals surface area contributed by atoms with Gasteiger partial charge in [-0.05, 0) is 11.6 Å². The van der Waals surface area contributed by atoms with Gasteiger partial charge in [0.05, 0.1) is 0 Å². The summed E-state index contributed by atoms with van der Waals surface area (Å²) in [6.45, 7) is -0.420. The number of furan rings is 1. The van der Waals surface area contributed by atoms with Crippen molar-refractivity contribution in [3.05, 3.63) is 23.4 Å². The van der Waals surface area contributed by atoms with E-state index < -0.39 is 6.61 Å². The van der Waals surface area contributed by atoms with Crippen LogP contribution in [0.15, 0.2) is 16.8 Å². The first kappa shape index (κ1) is 11.8. The normalized spacial score (nSPS) is 11.3. The highest BCUT2D eigenvalue weighted by molar-refractivity contribution is 6.28. The maximum Gasteiger partial charge on any atom is 0.226 e. The van der Waals surface area contributed by atoms with E-state index in [-0.39, 0.29) is 28.5 Å². The molecule has 0 bridgehead atoms. The molecule has 0 atom stereocenters. The third-order valence-electron chi connectivity index (χ3n) is 2.55. The number of aromatic hydroxyl groups is 1. The lowest BCUT2D eigenvalue weighted by atomic mass is 10.4. The minimum absolute atomic E-state index is 0.0232. The van der Waals surface area contributed by atoms with Crippen molar-refractivity contribution in [1.29, 1.82) is 0 Å². The molecule has 3 aromatic rings. The molecule has 0 radical (unpaired) electrons. The van der Waals surface area contributed by atoms with E-state index in [2.05, 4.69) is 15.0 Å². The van der Waals surface area contributed by atoms with Crippen molar-refractivity contribution in [3.8, 4) is 11.6 Å². The fourth-order valence-corrected chi connectivity index (χ4v) is 1.86. The SMILES string of the molecule is Nc1nc(Cl)nc2c1ncn2-c1cc(O)c(CO)o1. The lowest BCUT2D eigenvalue weighted by Gasteiger charge is -1.99. The van der Waals surface area contributed by atoms with Crippen LogP contribution in [0.4, 0.5) is 5.82 Å². The highest BCUT2D eigenvalue weighted by Gasteiger charge is 2.16. The summed E-state index contributed by atoms with van der Waals surface area (Å²) in [6, 6.07) is 1.33. The van der Waals surface area contributed by atoms with E-state index in [9.17, 15) is 5.11 Å². The first-order valence-corrected chi connectivity index (χ1v) is 5.57. The summed E-state index contributed by atoms with van der Waals surface area (Å²) in [5.41, 5.74) is 6.39. The zero-order valence-electron chi connectivity index (χ0n) is 9.41. The average Bonchev–Trinajstić information content (AvgIpc) is 2.92. The number of hydrogen-bond donors (Lipinski definition) is 3. The number of hydrogen-bond acceptors (Lipinski definition) is 7. The predicted molar refractivity (Wildman–Crippen MR) is 65.9 cm³/mol. The molecule has 98 valence electrons. The molecular formula is C10H8ClN5O3. The van der Waals surface area contributed by atoms with Gasteiger partial charge in [0.1, 0.15) is 12.9 Å². The third kappa shape index (κ3) is 1.77. The lowest BCUT2D eigenvalue weighted by molar-refractivity contribution is 0.239. The van der Waals surface area contributed by atoms with Crippen LogP contribution in [0.2, 0.25) is 5.28 Å². The Bertz CT molecular complexity index is 766. The van der Waals surface area contributed by atoms with Crippen LogP contribution in [0, 0.1) is 0 Å². The Kier molecular flexibility index (Phi) is 2.54. The van der Waals surface area contributed by atoms with Crippen LogP contribution in [0.3, 0.4) is 0 Å². The highest BCUT2D eigenvalue weighted by Crippen LogP contribution is 2.28. The van der Waals surface area contributed by atoms with Crippen molar-refractivity contribution in [3.63, 3.8) is 0 Å². The molecule has 0 saturated heterocycles. The molecule has 0 aliphatic carbocycles. The average molecular weight is 282 g/mol. The summed E-state index contributed by atoms with van der Waals surface area (Å²) >= 11 is 5.74. The summed E-state index contributed by atoms with van der Waals surface area (Å²) in [7, 11) is 0. The Balaban J connectivity index is 2.24. The van der Waals surface area contributed by atoms with Gasteiger partial charge in [0, 0.05) is 6.07 Å². The molecule has 0 unspecified atom stereocenters. The second-order valence-corrected chi connectivity index (χ2v) is 4.05. The monoisotopic (exact) mass is 281 g/mol. The van der Waals surface area contributed by atoms with Gasteiger partial charge in [0.25, 0.3) is 0 Å². The molecule has 0 amide bonds. The van der Waals surface area contributed by atoms with Gasteiger partial charge in [-0.25, -0.2) is 4.98 Å². The number of imidazole rings is 1. The smallest absolute Gasteiger partial charge is 0.226 e. The molecule has 0 fully saturated rings. The van der Waals surface area contributed by atoms with Crippen molar-refractivity contribution < 1.29 is 14.6 Å². The van der Waals surface area contributed by atoms with Crippen LogP contribution in [-0.2, 0) is 6.61 Å². The molecule has 0 aromatic carbocycles. The molecule has 0 aliphatic rings. The molecular weight excluding hydrogens is 274 g/mol. The van der Waals surface area contributed by atoms with Crippen LogP contribution >= 0.6 is 11.6 Å². The van der Waals surface area contributed by atoms with E-state index in [1.165, 1.54) is 17.0 Å². The summed E-state index contributed by atoms with van der Waals surface area (Å²) in [5, 5.41) is 18.5. The van der Waals surface area contributed by atoms with E-state index in [1.54, 1.807) is 0 Å². The topological polar surface area (TPSA) is 123 Å². The number of nitrogen functional groups attached to an aromatic ring is 1. The maximum absolute atomic E-state index is 9.54. The Morgan fingerprint density at radius 1 is 1.42 bits per heavy atom. The maximum atomic E-state index is 9.54. The minimum atomic E-state index is -0.420. The molecule has 19 heavy (non-hydrogen) atoms. The third-order valence-corrected chi connectivity index (χ3v) is 2.72. The Morgan fingerprint density at radius 2 is 2.21 bits per heavy atom. The fraction of sp³-hybridized carbons (Fsp3) is 0.100. The number of halogens is 1. The first-order valence-electron chi connectivity index (χ1n) is 5.19. The Labute approximate surface area is 111 Å². The Hall–Kier alpha value is -2.32. The standard InChI is InChI=1S/C10H8ClN5O3/c11-10-14-8(12)7-9(15-10)16(3-13-7)6-1-4(18)5(2-17)19-6/h1,3,17-18H,2H2,(H2,12,14,15). The number of aliphatic hydroxyl groups is 1. The molecule has 3 rings (SSSR count).